The molecule has 0 radical (unpaired) electrons. The van der Waals surface area contributed by atoms with Crippen molar-refractivity contribution < 1.29 is 17.6 Å². The van der Waals surface area contributed by atoms with Gasteiger partial charge in [-0.3, -0.25) is 4.79 Å². The van der Waals surface area contributed by atoms with E-state index in [4.69, 9.17) is 5.73 Å². The number of halogens is 1. The smallest absolute Gasteiger partial charge is 0.256 e. The van der Waals surface area contributed by atoms with E-state index in [0.29, 0.717) is 31.7 Å². The number of benzene rings is 2. The van der Waals surface area contributed by atoms with Gasteiger partial charge >= 0.3 is 0 Å². The predicted molar refractivity (Wildman–Crippen MR) is 123 cm³/mol. The Morgan fingerprint density at radius 2 is 1.66 bits per heavy atom. The van der Waals surface area contributed by atoms with Crippen molar-refractivity contribution in [2.75, 3.05) is 61.8 Å². The molecule has 8 nitrogen and oxygen atoms in total. The maximum absolute atomic E-state index is 13.8. The van der Waals surface area contributed by atoms with Gasteiger partial charge in [0.1, 0.15) is 5.82 Å². The van der Waals surface area contributed by atoms with Crippen molar-refractivity contribution in [1.29, 1.82) is 0 Å². The first-order valence-electron chi connectivity index (χ1n) is 10.7. The minimum Gasteiger partial charge on any atom is -0.396 e. The molecule has 0 atom stereocenters. The number of sulfonamides is 1. The Bertz CT molecular complexity index is 1110. The van der Waals surface area contributed by atoms with Crippen LogP contribution in [-0.2, 0) is 10.0 Å². The number of amides is 1. The summed E-state index contributed by atoms with van der Waals surface area (Å²) in [5, 5.41) is 0. The second-order valence-corrected chi connectivity index (χ2v) is 9.95. The highest BCUT2D eigenvalue weighted by molar-refractivity contribution is 7.89. The number of hydrogen-bond donors (Lipinski definition) is 2. The molecule has 0 spiro atoms. The fraction of sp³-hybridized carbons (Fsp3) is 0.409. The lowest BCUT2D eigenvalue weighted by Gasteiger charge is -2.37. The lowest BCUT2D eigenvalue weighted by molar-refractivity contribution is 0.0747. The average Bonchev–Trinajstić information content (AvgIpc) is 3.35. The molecule has 4 rings (SSSR count). The topological polar surface area (TPSA) is 99.0 Å². The maximum atomic E-state index is 13.8. The highest BCUT2D eigenvalue weighted by Crippen LogP contribution is 2.29. The lowest BCUT2D eigenvalue weighted by atomic mass is 10.1. The molecule has 0 aromatic heterocycles. The molecule has 1 amide bonds. The van der Waals surface area contributed by atoms with Crippen LogP contribution in [0.4, 0.5) is 21.5 Å². The average molecular weight is 462 g/mol. The van der Waals surface area contributed by atoms with Gasteiger partial charge in [-0.25, -0.2) is 17.5 Å². The number of anilines is 3. The number of carbonyl (C=O) groups is 1. The molecule has 2 aromatic rings. The van der Waals surface area contributed by atoms with Crippen molar-refractivity contribution in [3.63, 3.8) is 0 Å². The Morgan fingerprint density at radius 1 is 0.969 bits per heavy atom. The Morgan fingerprint density at radius 3 is 2.28 bits per heavy atom. The fourth-order valence-corrected chi connectivity index (χ4v) is 5.01. The molecule has 32 heavy (non-hydrogen) atoms. The van der Waals surface area contributed by atoms with Gasteiger partial charge in [-0.1, -0.05) is 0 Å². The first-order valence-corrected chi connectivity index (χ1v) is 12.2. The Kier molecular flexibility index (Phi) is 6.25. The van der Waals surface area contributed by atoms with Crippen LogP contribution in [0.3, 0.4) is 0 Å². The zero-order valence-corrected chi connectivity index (χ0v) is 18.9. The van der Waals surface area contributed by atoms with Gasteiger partial charge in [-0.05, 0) is 56.3 Å². The van der Waals surface area contributed by atoms with Crippen LogP contribution in [0.25, 0.3) is 0 Å². The molecule has 0 saturated carbocycles. The third-order valence-corrected chi connectivity index (χ3v) is 7.55. The van der Waals surface area contributed by atoms with Gasteiger partial charge < -0.3 is 20.4 Å². The van der Waals surface area contributed by atoms with E-state index in [2.05, 4.69) is 9.62 Å². The molecule has 2 aliphatic rings. The number of hydrogen-bond acceptors (Lipinski definition) is 6. The Hall–Kier alpha value is -2.85. The largest absolute Gasteiger partial charge is 0.396 e. The molecule has 172 valence electrons. The number of nitrogens with two attached hydrogens (primary N) is 1. The lowest BCUT2D eigenvalue weighted by Crippen LogP contribution is -2.49. The van der Waals surface area contributed by atoms with E-state index in [1.807, 2.05) is 4.90 Å². The normalized spacial score (nSPS) is 17.1. The summed E-state index contributed by atoms with van der Waals surface area (Å²) in [7, 11) is -2.32. The highest BCUT2D eigenvalue weighted by Gasteiger charge is 2.28. The molecule has 0 bridgehead atoms. The van der Waals surface area contributed by atoms with Gasteiger partial charge in [0, 0.05) is 50.6 Å². The third-order valence-electron chi connectivity index (χ3n) is 6.14. The summed E-state index contributed by atoms with van der Waals surface area (Å²) in [6.45, 7) is 3.68. The summed E-state index contributed by atoms with van der Waals surface area (Å²) >= 11 is 0. The van der Waals surface area contributed by atoms with Crippen LogP contribution in [0.15, 0.2) is 41.3 Å². The first kappa shape index (κ1) is 22.3. The van der Waals surface area contributed by atoms with E-state index in [1.165, 1.54) is 25.2 Å². The molecule has 2 fully saturated rings. The van der Waals surface area contributed by atoms with E-state index in [-0.39, 0.29) is 16.5 Å². The molecule has 2 heterocycles. The molecule has 3 N–H and O–H groups in total. The van der Waals surface area contributed by atoms with Gasteiger partial charge in [0.05, 0.1) is 16.1 Å². The minimum atomic E-state index is -3.67. The zero-order valence-electron chi connectivity index (χ0n) is 18.1. The van der Waals surface area contributed by atoms with Crippen LogP contribution in [0.1, 0.15) is 23.2 Å². The monoisotopic (exact) mass is 461 g/mol. The fourth-order valence-electron chi connectivity index (χ4n) is 4.26. The minimum absolute atomic E-state index is 0.0716. The standard InChI is InChI=1S/C22H28FN5O3S/c1-25-32(30,31)17-5-7-21(27-8-2-3-9-27)18(15-17)22(29)28-12-10-26(11-13-28)16-4-6-20(24)19(23)14-16/h4-7,14-15,25H,2-3,8-13,24H2,1H3. The van der Waals surface area contributed by atoms with Gasteiger partial charge in [0.2, 0.25) is 10.0 Å². The van der Waals surface area contributed by atoms with Gasteiger partial charge in [0.25, 0.3) is 5.91 Å². The summed E-state index contributed by atoms with van der Waals surface area (Å²) < 4.78 is 40.8. The summed E-state index contributed by atoms with van der Waals surface area (Å²) in [6.07, 6.45) is 2.09. The molecular weight excluding hydrogens is 433 g/mol. The second-order valence-electron chi connectivity index (χ2n) is 8.07. The number of nitrogen functional groups attached to an aromatic ring is 1. The van der Waals surface area contributed by atoms with Crippen molar-refractivity contribution in [3.05, 3.63) is 47.8 Å². The van der Waals surface area contributed by atoms with Crippen molar-refractivity contribution in [3.8, 4) is 0 Å². The van der Waals surface area contributed by atoms with Crippen LogP contribution in [-0.4, -0.2) is 65.5 Å². The van der Waals surface area contributed by atoms with Crippen molar-refractivity contribution in [1.82, 2.24) is 9.62 Å². The van der Waals surface area contributed by atoms with Gasteiger partial charge in [-0.2, -0.15) is 0 Å². The summed E-state index contributed by atoms with van der Waals surface area (Å²) in [5.74, 6) is -0.651. The number of nitrogens with zero attached hydrogens (tertiary/aromatic N) is 3. The molecule has 0 aliphatic carbocycles. The molecule has 10 heteroatoms. The van der Waals surface area contributed by atoms with Crippen LogP contribution < -0.4 is 20.3 Å². The summed E-state index contributed by atoms with van der Waals surface area (Å²) in [6, 6.07) is 9.47. The number of rotatable bonds is 5. The third kappa shape index (κ3) is 4.37. The summed E-state index contributed by atoms with van der Waals surface area (Å²) in [5.41, 5.74) is 7.56. The van der Waals surface area contributed by atoms with E-state index < -0.39 is 15.8 Å². The van der Waals surface area contributed by atoms with Crippen molar-refractivity contribution in [2.24, 2.45) is 0 Å². The molecule has 2 saturated heterocycles. The van der Waals surface area contributed by atoms with Crippen LogP contribution in [0.2, 0.25) is 0 Å². The second kappa shape index (κ2) is 8.95. The van der Waals surface area contributed by atoms with E-state index >= 15 is 0 Å². The first-order chi connectivity index (χ1) is 15.3. The van der Waals surface area contributed by atoms with E-state index in [0.717, 1.165) is 37.3 Å². The van der Waals surface area contributed by atoms with Gasteiger partial charge in [-0.15, -0.1) is 0 Å². The van der Waals surface area contributed by atoms with Crippen LogP contribution in [0, 0.1) is 5.82 Å². The van der Waals surface area contributed by atoms with Gasteiger partial charge in [0.15, 0.2) is 0 Å². The van der Waals surface area contributed by atoms with Crippen LogP contribution >= 0.6 is 0 Å². The number of piperazine rings is 1. The molecule has 0 unspecified atom stereocenters. The molecule has 2 aliphatic heterocycles. The Labute approximate surface area is 187 Å². The number of nitrogens with one attached hydrogen (secondary N) is 1. The van der Waals surface area contributed by atoms with Crippen molar-refractivity contribution in [2.45, 2.75) is 17.7 Å². The SMILES string of the molecule is CNS(=O)(=O)c1ccc(N2CCCC2)c(C(=O)N2CCN(c3ccc(N)c(F)c3)CC2)c1. The zero-order chi connectivity index (χ0) is 22.9. The van der Waals surface area contributed by atoms with Crippen LogP contribution in [0.5, 0.6) is 0 Å². The molecular formula is C22H28FN5O3S. The summed E-state index contributed by atoms with van der Waals surface area (Å²) in [4.78, 5) is 19.4. The quantitative estimate of drug-likeness (QED) is 0.660. The molecule has 2 aromatic carbocycles. The highest BCUT2D eigenvalue weighted by atomic mass is 32.2. The van der Waals surface area contributed by atoms with E-state index in [1.54, 1.807) is 23.1 Å². The van der Waals surface area contributed by atoms with Crippen molar-refractivity contribution >= 4 is 33.0 Å². The van der Waals surface area contributed by atoms with E-state index in [9.17, 15) is 17.6 Å². The maximum Gasteiger partial charge on any atom is 0.256 e. The predicted octanol–water partition coefficient (Wildman–Crippen LogP) is 1.88. The number of carbonyl (C=O) groups excluding carboxylic acids is 1. The Balaban J connectivity index is 1.56.